The predicted octanol–water partition coefficient (Wildman–Crippen LogP) is 3.31. The van der Waals surface area contributed by atoms with Crippen LogP contribution in [-0.4, -0.2) is 15.6 Å². The van der Waals surface area contributed by atoms with Gasteiger partial charge in [0, 0.05) is 12.6 Å². The van der Waals surface area contributed by atoms with E-state index in [1.165, 1.54) is 29.9 Å². The van der Waals surface area contributed by atoms with Crippen molar-refractivity contribution in [3.05, 3.63) is 41.6 Å². The number of hydrogen-bond donors (Lipinski definition) is 0. The fourth-order valence-electron chi connectivity index (χ4n) is 1.85. The second-order valence-electron chi connectivity index (χ2n) is 4.16. The van der Waals surface area contributed by atoms with Crippen molar-refractivity contribution < 1.29 is 18.0 Å². The topological polar surface area (TPSA) is 34.9 Å². The van der Waals surface area contributed by atoms with Gasteiger partial charge in [-0.3, -0.25) is 9.48 Å². The van der Waals surface area contributed by atoms with Gasteiger partial charge in [-0.25, -0.2) is 0 Å². The van der Waals surface area contributed by atoms with Gasteiger partial charge in [0.05, 0.1) is 23.0 Å². The molecule has 0 N–H and O–H groups in total. The summed E-state index contributed by atoms with van der Waals surface area (Å²) in [5.74, 6) is -0.178. The number of aromatic nitrogens is 2. The maximum atomic E-state index is 12.5. The molecule has 0 fully saturated rings. The maximum Gasteiger partial charge on any atom is 0.416 e. The van der Waals surface area contributed by atoms with Crippen LogP contribution < -0.4 is 0 Å². The summed E-state index contributed by atoms with van der Waals surface area (Å²) >= 11 is 0. The molecule has 100 valence electrons. The largest absolute Gasteiger partial charge is 0.416 e. The molecule has 6 heteroatoms. The quantitative estimate of drug-likeness (QED) is 0.783. The lowest BCUT2D eigenvalue weighted by Gasteiger charge is -2.08. The molecule has 0 aliphatic rings. The minimum absolute atomic E-state index is 0.178. The van der Waals surface area contributed by atoms with Crippen LogP contribution >= 0.6 is 0 Å². The van der Waals surface area contributed by atoms with Gasteiger partial charge in [-0.2, -0.15) is 18.3 Å². The van der Waals surface area contributed by atoms with Gasteiger partial charge in [0.1, 0.15) is 0 Å². The van der Waals surface area contributed by atoms with Crippen molar-refractivity contribution >= 4 is 5.78 Å². The molecule has 1 aromatic heterocycles. The third-order valence-corrected chi connectivity index (χ3v) is 2.80. The van der Waals surface area contributed by atoms with Gasteiger partial charge in [-0.15, -0.1) is 0 Å². The van der Waals surface area contributed by atoms with E-state index in [2.05, 4.69) is 5.10 Å². The summed E-state index contributed by atoms with van der Waals surface area (Å²) in [5, 5.41) is 3.96. The first kappa shape index (κ1) is 13.3. The number of hydrogen-bond acceptors (Lipinski definition) is 2. The van der Waals surface area contributed by atoms with Gasteiger partial charge in [0.25, 0.3) is 0 Å². The Balaban J connectivity index is 2.49. The van der Waals surface area contributed by atoms with Crippen molar-refractivity contribution in [1.29, 1.82) is 0 Å². The molecule has 0 aliphatic heterocycles. The molecule has 0 amide bonds. The number of Topliss-reactive ketones (excluding diaryl/α,β-unsaturated/α-hetero) is 1. The predicted molar refractivity (Wildman–Crippen MR) is 63.7 cm³/mol. The van der Waals surface area contributed by atoms with Crippen LogP contribution in [0.4, 0.5) is 13.2 Å². The molecule has 0 unspecified atom stereocenters. The van der Waals surface area contributed by atoms with Crippen LogP contribution in [0.2, 0.25) is 0 Å². The van der Waals surface area contributed by atoms with Crippen LogP contribution in [0, 0.1) is 0 Å². The van der Waals surface area contributed by atoms with Crippen molar-refractivity contribution in [1.82, 2.24) is 9.78 Å². The third kappa shape index (κ3) is 2.52. The molecule has 0 spiro atoms. The van der Waals surface area contributed by atoms with E-state index in [1.54, 1.807) is 7.05 Å². The van der Waals surface area contributed by atoms with Crippen molar-refractivity contribution in [2.45, 2.75) is 13.1 Å². The first-order valence-electron chi connectivity index (χ1n) is 5.51. The molecular weight excluding hydrogens is 257 g/mol. The van der Waals surface area contributed by atoms with E-state index in [4.69, 9.17) is 0 Å². The Labute approximate surface area is 107 Å². The molecule has 3 nitrogen and oxygen atoms in total. The molecule has 0 saturated heterocycles. The summed E-state index contributed by atoms with van der Waals surface area (Å²) in [7, 11) is 1.64. The zero-order valence-corrected chi connectivity index (χ0v) is 10.3. The van der Waals surface area contributed by atoms with Crippen LogP contribution in [0.3, 0.4) is 0 Å². The Morgan fingerprint density at radius 1 is 1.21 bits per heavy atom. The summed E-state index contributed by atoms with van der Waals surface area (Å²) in [6.07, 6.45) is -2.95. The van der Waals surface area contributed by atoms with E-state index in [9.17, 15) is 18.0 Å². The lowest BCUT2D eigenvalue weighted by Crippen LogP contribution is -2.05. The first-order valence-corrected chi connectivity index (χ1v) is 5.51. The zero-order valence-electron chi connectivity index (χ0n) is 10.3. The first-order chi connectivity index (χ1) is 8.80. The Kier molecular flexibility index (Phi) is 3.18. The zero-order chi connectivity index (χ0) is 14.2. The number of ketones is 1. The van der Waals surface area contributed by atoms with Crippen molar-refractivity contribution in [3.63, 3.8) is 0 Å². The van der Waals surface area contributed by atoms with Crippen LogP contribution in [-0.2, 0) is 13.2 Å². The number of alkyl halides is 3. The summed E-state index contributed by atoms with van der Waals surface area (Å²) in [6.45, 7) is 1.39. The number of nitrogens with zero attached hydrogens (tertiary/aromatic N) is 2. The number of benzene rings is 1. The average molecular weight is 268 g/mol. The van der Waals surface area contributed by atoms with Gasteiger partial charge in [0.2, 0.25) is 0 Å². The number of carbonyl (C=O) groups excluding carboxylic acids is 1. The summed E-state index contributed by atoms with van der Waals surface area (Å²) in [6, 6.07) is 4.66. The molecule has 2 aromatic rings. The molecule has 2 rings (SSSR count). The lowest BCUT2D eigenvalue weighted by molar-refractivity contribution is -0.137. The second kappa shape index (κ2) is 4.53. The van der Waals surface area contributed by atoms with Crippen molar-refractivity contribution in [2.24, 2.45) is 7.05 Å². The van der Waals surface area contributed by atoms with Crippen LogP contribution in [0.25, 0.3) is 11.3 Å². The van der Waals surface area contributed by atoms with Crippen LogP contribution in [0.1, 0.15) is 22.8 Å². The van der Waals surface area contributed by atoms with E-state index in [0.29, 0.717) is 16.8 Å². The van der Waals surface area contributed by atoms with E-state index < -0.39 is 11.7 Å². The lowest BCUT2D eigenvalue weighted by atomic mass is 10.0. The van der Waals surface area contributed by atoms with Crippen LogP contribution in [0.15, 0.2) is 30.5 Å². The highest BCUT2D eigenvalue weighted by Crippen LogP contribution is 2.31. The summed E-state index contributed by atoms with van der Waals surface area (Å²) in [4.78, 5) is 11.4. The van der Waals surface area contributed by atoms with E-state index in [1.807, 2.05) is 0 Å². The van der Waals surface area contributed by atoms with Gasteiger partial charge >= 0.3 is 6.18 Å². The fourth-order valence-corrected chi connectivity index (χ4v) is 1.85. The smallest absolute Gasteiger partial charge is 0.294 e. The number of aryl methyl sites for hydroxylation is 1. The summed E-state index contributed by atoms with van der Waals surface area (Å²) in [5.41, 5.74) is 0.712. The Hall–Kier alpha value is -2.11. The maximum absolute atomic E-state index is 12.5. The second-order valence-corrected chi connectivity index (χ2v) is 4.16. The van der Waals surface area contributed by atoms with E-state index >= 15 is 0 Å². The molecule has 19 heavy (non-hydrogen) atoms. The molecule has 0 aliphatic carbocycles. The van der Waals surface area contributed by atoms with Gasteiger partial charge in [0.15, 0.2) is 5.78 Å². The fraction of sp³-hybridized carbons (Fsp3) is 0.231. The van der Waals surface area contributed by atoms with E-state index in [-0.39, 0.29) is 5.78 Å². The molecule has 0 radical (unpaired) electrons. The average Bonchev–Trinajstić information content (AvgIpc) is 2.70. The minimum Gasteiger partial charge on any atom is -0.294 e. The number of rotatable bonds is 2. The van der Waals surface area contributed by atoms with E-state index in [0.717, 1.165) is 12.1 Å². The standard InChI is InChI=1S/C13H11F3N2O/c1-8(19)11-7-17-18(2)12(11)9-3-5-10(6-4-9)13(14,15)16/h3-7H,1-2H3. The third-order valence-electron chi connectivity index (χ3n) is 2.80. The molecule has 0 saturated carbocycles. The number of carbonyl (C=O) groups is 1. The SMILES string of the molecule is CC(=O)c1cnn(C)c1-c1ccc(C(F)(F)F)cc1. The Morgan fingerprint density at radius 3 is 2.26 bits per heavy atom. The summed E-state index contributed by atoms with van der Waals surface area (Å²) < 4.78 is 38.9. The molecule has 0 bridgehead atoms. The van der Waals surface area contributed by atoms with Crippen LogP contribution in [0.5, 0.6) is 0 Å². The van der Waals surface area contributed by atoms with Gasteiger partial charge in [-0.05, 0) is 19.1 Å². The molecule has 0 atom stereocenters. The Bertz CT molecular complexity index is 612. The Morgan fingerprint density at radius 2 is 1.79 bits per heavy atom. The molecule has 1 heterocycles. The number of halogens is 3. The molecule has 1 aromatic carbocycles. The van der Waals surface area contributed by atoms with Gasteiger partial charge in [-0.1, -0.05) is 12.1 Å². The minimum atomic E-state index is -4.37. The van der Waals surface area contributed by atoms with Crippen molar-refractivity contribution in [3.8, 4) is 11.3 Å². The highest BCUT2D eigenvalue weighted by molar-refractivity contribution is 5.99. The molecular formula is C13H11F3N2O. The normalized spacial score (nSPS) is 11.6. The highest BCUT2D eigenvalue weighted by Gasteiger charge is 2.30. The highest BCUT2D eigenvalue weighted by atomic mass is 19.4. The monoisotopic (exact) mass is 268 g/mol. The van der Waals surface area contributed by atoms with Gasteiger partial charge < -0.3 is 0 Å². The van der Waals surface area contributed by atoms with Crippen molar-refractivity contribution in [2.75, 3.05) is 0 Å².